The van der Waals surface area contributed by atoms with Crippen molar-refractivity contribution in [2.45, 2.75) is 297 Å². The summed E-state index contributed by atoms with van der Waals surface area (Å²) in [7, 11) is 0. The number of hydrogen-bond donors (Lipinski definition) is 0. The second-order valence-corrected chi connectivity index (χ2v) is 22.0. The van der Waals surface area contributed by atoms with Crippen molar-refractivity contribution in [2.75, 3.05) is 13.2 Å². The van der Waals surface area contributed by atoms with E-state index < -0.39 is 6.10 Å². The third-order valence-corrected chi connectivity index (χ3v) is 14.0. The molecule has 0 aromatic heterocycles. The Hall–Kier alpha value is -4.97. The second-order valence-electron chi connectivity index (χ2n) is 22.0. The van der Waals surface area contributed by atoms with Gasteiger partial charge in [0.15, 0.2) is 6.10 Å². The molecule has 6 heteroatoms. The molecule has 1 unspecified atom stereocenters. The summed E-state index contributed by atoms with van der Waals surface area (Å²) in [4.78, 5) is 38.4. The molecule has 0 aromatic rings. The van der Waals surface area contributed by atoms with Crippen LogP contribution in [0.4, 0.5) is 0 Å². The van der Waals surface area contributed by atoms with E-state index in [1.165, 1.54) is 83.5 Å². The molecule has 0 heterocycles. The Morgan fingerprint density at radius 3 is 0.735 bits per heavy atom. The van der Waals surface area contributed by atoms with Gasteiger partial charge in [0, 0.05) is 19.3 Å². The minimum atomic E-state index is -0.801. The van der Waals surface area contributed by atoms with Crippen LogP contribution in [0.1, 0.15) is 290 Å². The summed E-state index contributed by atoms with van der Waals surface area (Å²) < 4.78 is 16.9. The number of esters is 3. The Balaban J connectivity index is 4.34. The average molecular weight is 1150 g/mol. The summed E-state index contributed by atoms with van der Waals surface area (Å²) >= 11 is 0. The van der Waals surface area contributed by atoms with Crippen LogP contribution in [0.3, 0.4) is 0 Å². The Morgan fingerprint density at radius 1 is 0.253 bits per heavy atom. The molecule has 0 radical (unpaired) electrons. The summed E-state index contributed by atoms with van der Waals surface area (Å²) in [6.07, 6.45) is 101. The minimum absolute atomic E-state index is 0.0962. The first-order valence-electron chi connectivity index (χ1n) is 34.0. The number of hydrogen-bond acceptors (Lipinski definition) is 6. The van der Waals surface area contributed by atoms with E-state index >= 15 is 0 Å². The first-order valence-corrected chi connectivity index (χ1v) is 34.0. The van der Waals surface area contributed by atoms with E-state index in [1.807, 2.05) is 0 Å². The van der Waals surface area contributed by atoms with E-state index in [4.69, 9.17) is 14.2 Å². The Morgan fingerprint density at radius 2 is 0.470 bits per heavy atom. The zero-order valence-corrected chi connectivity index (χ0v) is 53.7. The third-order valence-electron chi connectivity index (χ3n) is 14.0. The maximum absolute atomic E-state index is 12.9. The molecule has 83 heavy (non-hydrogen) atoms. The number of unbranched alkanes of at least 4 members (excludes halogenated alkanes) is 23. The van der Waals surface area contributed by atoms with Gasteiger partial charge in [0.1, 0.15) is 13.2 Å². The van der Waals surface area contributed by atoms with Crippen molar-refractivity contribution in [3.05, 3.63) is 158 Å². The predicted molar refractivity (Wildman–Crippen MR) is 362 cm³/mol. The summed E-state index contributed by atoms with van der Waals surface area (Å²) in [6.45, 7) is 6.37. The molecule has 0 aliphatic rings. The highest BCUT2D eigenvalue weighted by Crippen LogP contribution is 2.15. The van der Waals surface area contributed by atoms with Crippen LogP contribution in [0.2, 0.25) is 0 Å². The highest BCUT2D eigenvalue weighted by Gasteiger charge is 2.19. The fourth-order valence-corrected chi connectivity index (χ4v) is 8.97. The number of carbonyl (C=O) groups is 3. The van der Waals surface area contributed by atoms with Gasteiger partial charge in [-0.05, 0) is 148 Å². The average Bonchev–Trinajstić information content (AvgIpc) is 3.49. The third kappa shape index (κ3) is 67.7. The molecule has 0 saturated carbocycles. The van der Waals surface area contributed by atoms with Crippen LogP contribution in [0, 0.1) is 0 Å². The maximum atomic E-state index is 12.9. The van der Waals surface area contributed by atoms with Crippen LogP contribution in [0.5, 0.6) is 0 Å². The summed E-state index contributed by atoms with van der Waals surface area (Å²) in [5.74, 6) is -0.926. The van der Waals surface area contributed by atoms with E-state index in [0.717, 1.165) is 167 Å². The molecule has 0 spiro atoms. The lowest BCUT2D eigenvalue weighted by Crippen LogP contribution is -2.30. The highest BCUT2D eigenvalue weighted by atomic mass is 16.6. The Kier molecular flexibility index (Phi) is 65.4. The molecule has 0 fully saturated rings. The van der Waals surface area contributed by atoms with Crippen LogP contribution in [-0.4, -0.2) is 37.2 Å². The lowest BCUT2D eigenvalue weighted by Gasteiger charge is -2.18. The van der Waals surface area contributed by atoms with Crippen LogP contribution >= 0.6 is 0 Å². The lowest BCUT2D eigenvalue weighted by atomic mass is 10.1. The molecule has 0 aromatic carbocycles. The molecule has 0 aliphatic heterocycles. The zero-order valence-electron chi connectivity index (χ0n) is 53.7. The van der Waals surface area contributed by atoms with Gasteiger partial charge in [-0.15, -0.1) is 0 Å². The topological polar surface area (TPSA) is 78.9 Å². The number of allylic oxidation sites excluding steroid dienone is 26. The normalized spacial score (nSPS) is 13.1. The van der Waals surface area contributed by atoms with Gasteiger partial charge < -0.3 is 14.2 Å². The number of carbonyl (C=O) groups excluding carboxylic acids is 3. The summed E-state index contributed by atoms with van der Waals surface area (Å²) in [5.41, 5.74) is 0. The molecule has 1 atom stereocenters. The first-order chi connectivity index (χ1) is 41.0. The van der Waals surface area contributed by atoms with Crippen molar-refractivity contribution < 1.29 is 28.6 Å². The largest absolute Gasteiger partial charge is 0.462 e. The predicted octanol–water partition coefficient (Wildman–Crippen LogP) is 23.7. The molecular formula is C77H124O6. The Labute approximate surface area is 511 Å². The fraction of sp³-hybridized carbons (Fsp3) is 0.623. The molecule has 6 nitrogen and oxygen atoms in total. The van der Waals surface area contributed by atoms with Gasteiger partial charge in [-0.3, -0.25) is 14.4 Å². The van der Waals surface area contributed by atoms with Gasteiger partial charge in [0.25, 0.3) is 0 Å². The summed E-state index contributed by atoms with van der Waals surface area (Å²) in [6, 6.07) is 0. The molecule has 0 aliphatic carbocycles. The quantitative estimate of drug-likeness (QED) is 0.0261. The van der Waals surface area contributed by atoms with Gasteiger partial charge in [-0.2, -0.15) is 0 Å². The SMILES string of the molecule is CC/C=C\C/C=C\C/C=C\C/C=C\C/C=C\C/C=C\C/C=C\C/C=C\CCCCCCCCCCC(=O)OCC(COC(=O)CCCCCCC/C=C\C/C=C\CCCCC)OC(=O)CCCCCCCCC/C=C\C/C=C\C/C=C\CC. The van der Waals surface area contributed by atoms with E-state index in [9.17, 15) is 14.4 Å². The van der Waals surface area contributed by atoms with E-state index in [1.54, 1.807) is 0 Å². The standard InChI is InChI=1S/C77H124O6/c1-4-7-10-13-16-19-22-25-28-30-31-32-33-34-35-36-37-38-39-40-41-42-43-44-45-47-49-52-55-58-61-64-67-70-76(79)82-73-74(72-81-75(78)69-66-63-60-57-54-51-48-27-24-21-18-15-12-9-6-3)83-77(80)71-68-65-62-59-56-53-50-46-29-26-23-20-17-14-11-8-5-2/h7-8,10-11,16-21,25-29,31-32,34-35,37-38,40-41,43-44,48,74H,4-6,9,12-15,22-24,30,33,36,39,42,45-47,49-73H2,1-3H3/b10-7-,11-8-,19-16-,20-17-,21-18-,28-25-,29-26-,32-31-,35-34-,38-37-,41-40-,44-43-,48-27-. The van der Waals surface area contributed by atoms with Crippen molar-refractivity contribution >= 4 is 17.9 Å². The Bertz CT molecular complexity index is 1840. The summed E-state index contributed by atoms with van der Waals surface area (Å²) in [5, 5.41) is 0. The highest BCUT2D eigenvalue weighted by molar-refractivity contribution is 5.71. The fourth-order valence-electron chi connectivity index (χ4n) is 8.97. The minimum Gasteiger partial charge on any atom is -0.462 e. The van der Waals surface area contributed by atoms with Gasteiger partial charge in [0.2, 0.25) is 0 Å². The van der Waals surface area contributed by atoms with E-state index in [2.05, 4.69) is 179 Å². The van der Waals surface area contributed by atoms with Crippen LogP contribution in [0.15, 0.2) is 158 Å². The van der Waals surface area contributed by atoms with Crippen LogP contribution in [0.25, 0.3) is 0 Å². The molecule has 0 bridgehead atoms. The lowest BCUT2D eigenvalue weighted by molar-refractivity contribution is -0.167. The molecule has 0 saturated heterocycles. The molecular weight excluding hydrogens is 1020 g/mol. The van der Waals surface area contributed by atoms with Crippen LogP contribution < -0.4 is 0 Å². The van der Waals surface area contributed by atoms with Crippen molar-refractivity contribution in [1.29, 1.82) is 0 Å². The van der Waals surface area contributed by atoms with Gasteiger partial charge >= 0.3 is 17.9 Å². The van der Waals surface area contributed by atoms with Crippen molar-refractivity contribution in [1.82, 2.24) is 0 Å². The zero-order chi connectivity index (χ0) is 59.9. The molecule has 0 N–H and O–H groups in total. The van der Waals surface area contributed by atoms with Crippen LogP contribution in [-0.2, 0) is 28.6 Å². The monoisotopic (exact) mass is 1140 g/mol. The van der Waals surface area contributed by atoms with Crippen molar-refractivity contribution in [3.8, 4) is 0 Å². The molecule has 0 rings (SSSR count). The smallest absolute Gasteiger partial charge is 0.306 e. The second kappa shape index (κ2) is 69.5. The van der Waals surface area contributed by atoms with Crippen molar-refractivity contribution in [2.24, 2.45) is 0 Å². The van der Waals surface area contributed by atoms with Gasteiger partial charge in [0.05, 0.1) is 0 Å². The molecule has 0 amide bonds. The van der Waals surface area contributed by atoms with E-state index in [0.29, 0.717) is 19.3 Å². The van der Waals surface area contributed by atoms with Crippen molar-refractivity contribution in [3.63, 3.8) is 0 Å². The first kappa shape index (κ1) is 78.0. The number of rotatable bonds is 60. The molecule has 468 valence electrons. The van der Waals surface area contributed by atoms with Gasteiger partial charge in [-0.25, -0.2) is 0 Å². The maximum Gasteiger partial charge on any atom is 0.306 e. The number of ether oxygens (including phenoxy) is 3. The van der Waals surface area contributed by atoms with Gasteiger partial charge in [-0.1, -0.05) is 281 Å². The van der Waals surface area contributed by atoms with E-state index in [-0.39, 0.29) is 31.1 Å².